The van der Waals surface area contributed by atoms with Gasteiger partial charge in [0.1, 0.15) is 6.07 Å². The van der Waals surface area contributed by atoms with Crippen LogP contribution in [0.25, 0.3) is 0 Å². The van der Waals surface area contributed by atoms with Crippen LogP contribution in [0, 0.1) is 17.2 Å². The van der Waals surface area contributed by atoms with E-state index in [9.17, 15) is 5.26 Å². The Morgan fingerprint density at radius 2 is 2.30 bits per heavy atom. The molecule has 0 bridgehead atoms. The number of nitriles is 1. The molecule has 1 aromatic carbocycles. The fraction of sp³-hybridized carbons (Fsp3) is 0.562. The molecule has 0 radical (unpaired) electrons. The second-order valence-electron chi connectivity index (χ2n) is 5.73. The third kappa shape index (κ3) is 3.65. The Kier molecular flexibility index (Phi) is 5.28. The van der Waals surface area contributed by atoms with Gasteiger partial charge in [-0.1, -0.05) is 11.6 Å². The van der Waals surface area contributed by atoms with E-state index in [1.165, 1.54) is 12.8 Å². The number of halogens is 1. The number of anilines is 1. The van der Waals surface area contributed by atoms with Crippen molar-refractivity contribution in [1.29, 1.82) is 5.26 Å². The Morgan fingerprint density at radius 1 is 1.50 bits per heavy atom. The van der Waals surface area contributed by atoms with Gasteiger partial charge in [0.05, 0.1) is 11.3 Å². The summed E-state index contributed by atoms with van der Waals surface area (Å²) in [6, 6.07) is 8.14. The van der Waals surface area contributed by atoms with Crippen molar-refractivity contribution in [2.45, 2.75) is 32.7 Å². The monoisotopic (exact) mass is 291 g/mol. The van der Waals surface area contributed by atoms with Crippen LogP contribution in [0.5, 0.6) is 0 Å². The highest BCUT2D eigenvalue weighted by Gasteiger charge is 2.21. The zero-order valence-electron chi connectivity index (χ0n) is 12.2. The fourth-order valence-corrected chi connectivity index (χ4v) is 2.95. The van der Waals surface area contributed by atoms with Crippen LogP contribution in [0.2, 0.25) is 5.02 Å². The molecule has 20 heavy (non-hydrogen) atoms. The lowest BCUT2D eigenvalue weighted by Gasteiger charge is -2.35. The summed E-state index contributed by atoms with van der Waals surface area (Å²) in [6.45, 7) is 7.49. The number of piperidine rings is 1. The molecule has 1 fully saturated rings. The molecule has 108 valence electrons. The van der Waals surface area contributed by atoms with Crippen molar-refractivity contribution in [3.8, 4) is 6.07 Å². The molecule has 1 aliphatic heterocycles. The Bertz CT molecular complexity index is 487. The van der Waals surface area contributed by atoms with Gasteiger partial charge in [0, 0.05) is 17.6 Å². The predicted octanol–water partition coefficient (Wildman–Crippen LogP) is 3.43. The molecule has 1 unspecified atom stereocenters. The van der Waals surface area contributed by atoms with E-state index >= 15 is 0 Å². The van der Waals surface area contributed by atoms with Gasteiger partial charge < -0.3 is 10.2 Å². The van der Waals surface area contributed by atoms with E-state index in [-0.39, 0.29) is 0 Å². The van der Waals surface area contributed by atoms with E-state index in [0.717, 1.165) is 25.3 Å². The minimum absolute atomic E-state index is 0.350. The first-order valence-corrected chi connectivity index (χ1v) is 7.66. The molecule has 0 aromatic heterocycles. The molecule has 1 atom stereocenters. The summed E-state index contributed by atoms with van der Waals surface area (Å²) in [6.07, 6.45) is 2.48. The van der Waals surface area contributed by atoms with E-state index in [1.54, 1.807) is 6.07 Å². The number of hydrogen-bond donors (Lipinski definition) is 1. The maximum absolute atomic E-state index is 9.31. The van der Waals surface area contributed by atoms with Gasteiger partial charge in [0.15, 0.2) is 0 Å². The van der Waals surface area contributed by atoms with Gasteiger partial charge in [-0.15, -0.1) is 0 Å². The van der Waals surface area contributed by atoms with Gasteiger partial charge in [-0.05, 0) is 63.9 Å². The number of nitrogens with zero attached hydrogens (tertiary/aromatic N) is 2. The number of benzene rings is 1. The molecule has 1 aliphatic rings. The minimum atomic E-state index is 0.350. The second-order valence-corrected chi connectivity index (χ2v) is 6.17. The third-order valence-electron chi connectivity index (χ3n) is 3.87. The standard InChI is InChI=1S/C16H22ClN3/c1-12(2)20(11-13-4-3-7-19-10-13)16-8-15(17)6-5-14(16)9-18/h5-6,8,12-13,19H,3-4,7,10-11H2,1-2H3. The molecule has 0 saturated carbocycles. The smallest absolute Gasteiger partial charge is 0.101 e. The molecule has 1 N–H and O–H groups in total. The summed E-state index contributed by atoms with van der Waals surface area (Å²) >= 11 is 6.12. The van der Waals surface area contributed by atoms with E-state index in [1.807, 2.05) is 12.1 Å². The normalized spacial score (nSPS) is 18.9. The SMILES string of the molecule is CC(C)N(CC1CCCNC1)c1cc(Cl)ccc1C#N. The molecule has 3 nitrogen and oxygen atoms in total. The van der Waals surface area contributed by atoms with E-state index in [4.69, 9.17) is 11.6 Å². The van der Waals surface area contributed by atoms with E-state index < -0.39 is 0 Å². The number of nitrogens with one attached hydrogen (secondary N) is 1. The highest BCUT2D eigenvalue weighted by molar-refractivity contribution is 6.30. The van der Waals surface area contributed by atoms with Crippen molar-refractivity contribution in [2.75, 3.05) is 24.5 Å². The van der Waals surface area contributed by atoms with Crippen molar-refractivity contribution in [2.24, 2.45) is 5.92 Å². The summed E-state index contributed by atoms with van der Waals surface area (Å²) in [5.41, 5.74) is 1.66. The second kappa shape index (κ2) is 6.97. The Hall–Kier alpha value is -1.24. The summed E-state index contributed by atoms with van der Waals surface area (Å²) in [5.74, 6) is 0.636. The molecule has 4 heteroatoms. The molecule has 1 aromatic rings. The molecular formula is C16H22ClN3. The average molecular weight is 292 g/mol. The highest BCUT2D eigenvalue weighted by atomic mass is 35.5. The van der Waals surface area contributed by atoms with Gasteiger partial charge in [-0.25, -0.2) is 0 Å². The molecular weight excluding hydrogens is 270 g/mol. The van der Waals surface area contributed by atoms with Crippen molar-refractivity contribution in [3.63, 3.8) is 0 Å². The van der Waals surface area contributed by atoms with Crippen molar-refractivity contribution < 1.29 is 0 Å². The lowest BCUT2D eigenvalue weighted by atomic mass is 9.97. The quantitative estimate of drug-likeness (QED) is 0.924. The largest absolute Gasteiger partial charge is 0.368 e. The lowest BCUT2D eigenvalue weighted by Crippen LogP contribution is -2.41. The first-order chi connectivity index (χ1) is 9.61. The maximum Gasteiger partial charge on any atom is 0.101 e. The summed E-state index contributed by atoms with van der Waals surface area (Å²) in [7, 11) is 0. The van der Waals surface area contributed by atoms with Crippen LogP contribution in [0.15, 0.2) is 18.2 Å². The molecule has 0 amide bonds. The average Bonchev–Trinajstić information content (AvgIpc) is 2.45. The number of hydrogen-bond acceptors (Lipinski definition) is 3. The maximum atomic E-state index is 9.31. The number of rotatable bonds is 4. The van der Waals surface area contributed by atoms with Gasteiger partial charge in [0.2, 0.25) is 0 Å². The molecule has 0 spiro atoms. The fourth-order valence-electron chi connectivity index (χ4n) is 2.78. The predicted molar refractivity (Wildman–Crippen MR) is 84.2 cm³/mol. The van der Waals surface area contributed by atoms with Crippen LogP contribution < -0.4 is 10.2 Å². The van der Waals surface area contributed by atoms with Gasteiger partial charge >= 0.3 is 0 Å². The van der Waals surface area contributed by atoms with Gasteiger partial charge in [-0.3, -0.25) is 0 Å². The highest BCUT2D eigenvalue weighted by Crippen LogP contribution is 2.28. The first kappa shape index (κ1) is 15.2. The van der Waals surface area contributed by atoms with Crippen LogP contribution in [-0.4, -0.2) is 25.7 Å². The topological polar surface area (TPSA) is 39.1 Å². The van der Waals surface area contributed by atoms with Crippen molar-refractivity contribution in [1.82, 2.24) is 5.32 Å². The summed E-state index contributed by atoms with van der Waals surface area (Å²) in [4.78, 5) is 2.31. The van der Waals surface area contributed by atoms with E-state index in [0.29, 0.717) is 22.5 Å². The Morgan fingerprint density at radius 3 is 2.90 bits per heavy atom. The van der Waals surface area contributed by atoms with Crippen LogP contribution in [-0.2, 0) is 0 Å². The molecule has 1 saturated heterocycles. The molecule has 0 aliphatic carbocycles. The van der Waals surface area contributed by atoms with Crippen molar-refractivity contribution in [3.05, 3.63) is 28.8 Å². The zero-order valence-corrected chi connectivity index (χ0v) is 13.0. The summed E-state index contributed by atoms with van der Waals surface area (Å²) < 4.78 is 0. The lowest BCUT2D eigenvalue weighted by molar-refractivity contribution is 0.371. The van der Waals surface area contributed by atoms with Crippen LogP contribution in [0.3, 0.4) is 0 Å². The van der Waals surface area contributed by atoms with E-state index in [2.05, 4.69) is 30.1 Å². The first-order valence-electron chi connectivity index (χ1n) is 7.29. The molecule has 2 rings (SSSR count). The molecule has 1 heterocycles. The summed E-state index contributed by atoms with van der Waals surface area (Å²) in [5, 5.41) is 13.5. The Balaban J connectivity index is 2.24. The van der Waals surface area contributed by atoms with Crippen LogP contribution >= 0.6 is 11.6 Å². The van der Waals surface area contributed by atoms with Crippen molar-refractivity contribution >= 4 is 17.3 Å². The van der Waals surface area contributed by atoms with Gasteiger partial charge in [0.25, 0.3) is 0 Å². The zero-order chi connectivity index (χ0) is 14.5. The van der Waals surface area contributed by atoms with Crippen LogP contribution in [0.1, 0.15) is 32.3 Å². The Labute approximate surface area is 126 Å². The van der Waals surface area contributed by atoms with Crippen LogP contribution in [0.4, 0.5) is 5.69 Å². The third-order valence-corrected chi connectivity index (χ3v) is 4.10. The van der Waals surface area contributed by atoms with Gasteiger partial charge in [-0.2, -0.15) is 5.26 Å². The minimum Gasteiger partial charge on any atom is -0.368 e.